The molecule has 0 aromatic rings. The van der Waals surface area contributed by atoms with E-state index in [0.29, 0.717) is 6.42 Å². The highest BCUT2D eigenvalue weighted by molar-refractivity contribution is 8.00. The summed E-state index contributed by atoms with van der Waals surface area (Å²) < 4.78 is -0.265. The van der Waals surface area contributed by atoms with Crippen molar-refractivity contribution in [1.82, 2.24) is 4.90 Å². The quantitative estimate of drug-likeness (QED) is 0.761. The molecular weight excluding hydrogens is 232 g/mol. The van der Waals surface area contributed by atoms with E-state index in [4.69, 9.17) is 0 Å². The van der Waals surface area contributed by atoms with Crippen LogP contribution in [0.4, 0.5) is 0 Å². The van der Waals surface area contributed by atoms with Gasteiger partial charge in [0, 0.05) is 19.5 Å². The van der Waals surface area contributed by atoms with Crippen LogP contribution in [0.1, 0.15) is 40.0 Å². The monoisotopic (exact) mass is 254 g/mol. The van der Waals surface area contributed by atoms with Crippen molar-refractivity contribution in [2.45, 2.75) is 44.8 Å². The first-order valence-electron chi connectivity index (χ1n) is 6.06. The zero-order valence-electron chi connectivity index (χ0n) is 11.2. The fourth-order valence-corrected chi connectivity index (χ4v) is 2.73. The van der Waals surface area contributed by atoms with Gasteiger partial charge < -0.3 is 4.90 Å². The second-order valence-corrected chi connectivity index (χ2v) is 7.12. The van der Waals surface area contributed by atoms with E-state index in [0.717, 1.165) is 25.9 Å². The van der Waals surface area contributed by atoms with Crippen molar-refractivity contribution in [3.63, 3.8) is 0 Å². The molecule has 1 aliphatic rings. The summed E-state index contributed by atoms with van der Waals surface area (Å²) in [4.78, 5) is 14.0. The van der Waals surface area contributed by atoms with Crippen LogP contribution in [-0.2, 0) is 4.79 Å². The van der Waals surface area contributed by atoms with Gasteiger partial charge in [-0.25, -0.2) is 0 Å². The molecule has 0 N–H and O–H groups in total. The molecule has 0 bridgehead atoms. The molecule has 0 aromatic carbocycles. The molecule has 1 fully saturated rings. The SMILES string of the molecule is CSC1(C#N)CCN(C(=O)CC(C)(C)C)CC1. The maximum Gasteiger partial charge on any atom is 0.223 e. The minimum absolute atomic E-state index is 0.0420. The van der Waals surface area contributed by atoms with Crippen molar-refractivity contribution in [3.8, 4) is 6.07 Å². The predicted octanol–water partition coefficient (Wildman–Crippen LogP) is 2.67. The fourth-order valence-electron chi connectivity index (χ4n) is 2.04. The zero-order valence-corrected chi connectivity index (χ0v) is 12.1. The summed E-state index contributed by atoms with van der Waals surface area (Å²) in [6.45, 7) is 7.69. The topological polar surface area (TPSA) is 44.1 Å². The Kier molecular flexibility index (Phi) is 4.48. The van der Waals surface area contributed by atoms with E-state index >= 15 is 0 Å². The van der Waals surface area contributed by atoms with E-state index < -0.39 is 0 Å². The Morgan fingerprint density at radius 3 is 2.29 bits per heavy atom. The summed E-state index contributed by atoms with van der Waals surface area (Å²) in [6, 6.07) is 2.40. The second kappa shape index (κ2) is 5.30. The van der Waals surface area contributed by atoms with Crippen LogP contribution in [-0.4, -0.2) is 34.9 Å². The van der Waals surface area contributed by atoms with Gasteiger partial charge in [-0.15, -0.1) is 11.8 Å². The maximum atomic E-state index is 12.0. The van der Waals surface area contributed by atoms with Gasteiger partial charge >= 0.3 is 0 Å². The molecular formula is C13H22N2OS. The van der Waals surface area contributed by atoms with E-state index in [1.165, 1.54) is 0 Å². The number of hydrogen-bond acceptors (Lipinski definition) is 3. The molecule has 0 radical (unpaired) electrons. The summed E-state index contributed by atoms with van der Waals surface area (Å²) in [7, 11) is 0. The van der Waals surface area contributed by atoms with E-state index in [2.05, 4.69) is 26.8 Å². The normalized spacial score (nSPS) is 19.8. The van der Waals surface area contributed by atoms with Gasteiger partial charge in [-0.2, -0.15) is 5.26 Å². The number of carbonyl (C=O) groups is 1. The van der Waals surface area contributed by atoms with Crippen molar-refractivity contribution < 1.29 is 4.79 Å². The van der Waals surface area contributed by atoms with Crippen LogP contribution in [0.25, 0.3) is 0 Å². The maximum absolute atomic E-state index is 12.0. The molecule has 0 atom stereocenters. The highest BCUT2D eigenvalue weighted by Gasteiger charge is 2.35. The lowest BCUT2D eigenvalue weighted by Gasteiger charge is -2.37. The third-order valence-electron chi connectivity index (χ3n) is 3.20. The van der Waals surface area contributed by atoms with Crippen molar-refractivity contribution >= 4 is 17.7 Å². The van der Waals surface area contributed by atoms with Crippen molar-refractivity contribution in [1.29, 1.82) is 5.26 Å². The number of hydrogen-bond donors (Lipinski definition) is 0. The first-order valence-corrected chi connectivity index (χ1v) is 7.29. The van der Waals surface area contributed by atoms with Crippen LogP contribution in [0.2, 0.25) is 0 Å². The third kappa shape index (κ3) is 3.92. The smallest absolute Gasteiger partial charge is 0.223 e. The number of rotatable bonds is 2. The summed E-state index contributed by atoms with van der Waals surface area (Å²) in [6.07, 6.45) is 4.16. The molecule has 1 saturated heterocycles. The Labute approximate surface area is 109 Å². The van der Waals surface area contributed by atoms with Gasteiger partial charge in [0.1, 0.15) is 4.75 Å². The van der Waals surface area contributed by atoms with E-state index in [1.54, 1.807) is 11.8 Å². The number of carbonyl (C=O) groups excluding carboxylic acids is 1. The Morgan fingerprint density at radius 2 is 1.94 bits per heavy atom. The molecule has 0 aromatic heterocycles. The van der Waals surface area contributed by atoms with Gasteiger partial charge in [-0.1, -0.05) is 20.8 Å². The van der Waals surface area contributed by atoms with Crippen LogP contribution in [0, 0.1) is 16.7 Å². The molecule has 1 aliphatic heterocycles. The van der Waals surface area contributed by atoms with Crippen molar-refractivity contribution in [3.05, 3.63) is 0 Å². The highest BCUT2D eigenvalue weighted by Crippen LogP contribution is 2.34. The Bertz CT molecular complexity index is 319. The Morgan fingerprint density at radius 1 is 1.41 bits per heavy atom. The number of thioether (sulfide) groups is 1. The second-order valence-electron chi connectivity index (χ2n) is 5.93. The molecule has 0 saturated carbocycles. The van der Waals surface area contributed by atoms with Gasteiger partial charge in [0.15, 0.2) is 0 Å². The molecule has 17 heavy (non-hydrogen) atoms. The summed E-state index contributed by atoms with van der Waals surface area (Å²) in [5.74, 6) is 0.227. The minimum Gasteiger partial charge on any atom is -0.343 e. The number of amides is 1. The Hall–Kier alpha value is -0.690. The lowest BCUT2D eigenvalue weighted by atomic mass is 9.90. The van der Waals surface area contributed by atoms with Gasteiger partial charge in [-0.05, 0) is 24.5 Å². The number of nitriles is 1. The van der Waals surface area contributed by atoms with Crippen molar-refractivity contribution in [2.24, 2.45) is 5.41 Å². The lowest BCUT2D eigenvalue weighted by molar-refractivity contribution is -0.134. The fraction of sp³-hybridized carbons (Fsp3) is 0.846. The summed E-state index contributed by atoms with van der Waals surface area (Å²) >= 11 is 1.62. The van der Waals surface area contributed by atoms with E-state index in [9.17, 15) is 10.1 Å². The van der Waals surface area contributed by atoms with Crippen LogP contribution < -0.4 is 0 Å². The van der Waals surface area contributed by atoms with E-state index in [-0.39, 0.29) is 16.1 Å². The summed E-state index contributed by atoms with van der Waals surface area (Å²) in [5, 5.41) is 9.18. The molecule has 96 valence electrons. The van der Waals surface area contributed by atoms with Crippen LogP contribution in [0.5, 0.6) is 0 Å². The lowest BCUT2D eigenvalue weighted by Crippen LogP contribution is -2.45. The van der Waals surface area contributed by atoms with E-state index in [1.807, 2.05) is 11.2 Å². The average Bonchev–Trinajstić information content (AvgIpc) is 2.27. The highest BCUT2D eigenvalue weighted by atomic mass is 32.2. The molecule has 0 aliphatic carbocycles. The van der Waals surface area contributed by atoms with Gasteiger partial charge in [-0.3, -0.25) is 4.79 Å². The van der Waals surface area contributed by atoms with Crippen molar-refractivity contribution in [2.75, 3.05) is 19.3 Å². The van der Waals surface area contributed by atoms with Gasteiger partial charge in [0.2, 0.25) is 5.91 Å². The number of likely N-dealkylation sites (tertiary alicyclic amines) is 1. The molecule has 1 heterocycles. The molecule has 4 heteroatoms. The van der Waals surface area contributed by atoms with Crippen LogP contribution in [0.15, 0.2) is 0 Å². The Balaban J connectivity index is 2.53. The first kappa shape index (κ1) is 14.4. The standard InChI is InChI=1S/C13H22N2OS/c1-12(2,3)9-11(16)15-7-5-13(10-14,17-4)6-8-15/h5-9H2,1-4H3. The molecule has 1 rings (SSSR count). The molecule has 0 unspecified atom stereocenters. The van der Waals surface area contributed by atoms with Gasteiger partial charge in [0.05, 0.1) is 6.07 Å². The van der Waals surface area contributed by atoms with Crippen LogP contribution >= 0.6 is 11.8 Å². The largest absolute Gasteiger partial charge is 0.343 e. The predicted molar refractivity (Wildman–Crippen MR) is 71.7 cm³/mol. The molecule has 0 spiro atoms. The summed E-state index contributed by atoms with van der Waals surface area (Å²) in [5.41, 5.74) is 0.0420. The zero-order chi connectivity index (χ0) is 13.1. The third-order valence-corrected chi connectivity index (χ3v) is 4.48. The average molecular weight is 254 g/mol. The first-order chi connectivity index (χ1) is 7.82. The number of nitrogens with zero attached hydrogens (tertiary/aromatic N) is 2. The van der Waals surface area contributed by atoms with Crippen LogP contribution in [0.3, 0.4) is 0 Å². The van der Waals surface area contributed by atoms with Gasteiger partial charge in [0.25, 0.3) is 0 Å². The molecule has 3 nitrogen and oxygen atoms in total. The minimum atomic E-state index is -0.265. The molecule has 1 amide bonds. The number of piperidine rings is 1.